The maximum Gasteiger partial charge on any atom is 0.305 e. The second-order valence-electron chi connectivity index (χ2n) is 4.02. The summed E-state index contributed by atoms with van der Waals surface area (Å²) < 4.78 is 26.3. The van der Waals surface area contributed by atoms with E-state index in [-0.39, 0.29) is 15.1 Å². The number of sulfonamides is 1. The molecule has 5 nitrogen and oxygen atoms in total. The Hall–Kier alpha value is -0.920. The summed E-state index contributed by atoms with van der Waals surface area (Å²) in [7, 11) is -3.56. The Morgan fingerprint density at radius 3 is 2.65 bits per heavy atom. The molecule has 1 aromatic rings. The first-order chi connectivity index (χ1) is 7.96. The van der Waals surface area contributed by atoms with Gasteiger partial charge in [-0.3, -0.25) is 4.79 Å². The highest BCUT2D eigenvalue weighted by Crippen LogP contribution is 2.33. The minimum atomic E-state index is -3.56. The van der Waals surface area contributed by atoms with Gasteiger partial charge in [0, 0.05) is 18.3 Å². The number of thiazole rings is 1. The van der Waals surface area contributed by atoms with Gasteiger partial charge in [-0.15, -0.1) is 6.58 Å². The lowest BCUT2D eigenvalue weighted by molar-refractivity contribution is 0.437. The first-order valence-electron chi connectivity index (χ1n) is 5.29. The Bertz CT molecular complexity index is 581. The predicted molar refractivity (Wildman–Crippen MR) is 66.8 cm³/mol. The molecule has 0 atom stereocenters. The van der Waals surface area contributed by atoms with E-state index in [9.17, 15) is 13.2 Å². The maximum absolute atomic E-state index is 12.4. The fourth-order valence-electron chi connectivity index (χ4n) is 1.68. The van der Waals surface area contributed by atoms with Crippen molar-refractivity contribution in [1.82, 2.24) is 9.29 Å². The van der Waals surface area contributed by atoms with Crippen molar-refractivity contribution < 1.29 is 8.42 Å². The molecule has 1 saturated carbocycles. The van der Waals surface area contributed by atoms with Gasteiger partial charge < -0.3 is 4.98 Å². The van der Waals surface area contributed by atoms with Crippen molar-refractivity contribution in [3.8, 4) is 0 Å². The van der Waals surface area contributed by atoms with Crippen LogP contribution in [0.2, 0.25) is 0 Å². The Morgan fingerprint density at radius 2 is 2.24 bits per heavy atom. The SMILES string of the molecule is C=CCN(C1CC1)S(=O)(=O)c1sc(=O)[nH]c1C. The van der Waals surface area contributed by atoms with Gasteiger partial charge in [-0.1, -0.05) is 17.4 Å². The van der Waals surface area contributed by atoms with Gasteiger partial charge in [0.05, 0.1) is 0 Å². The lowest BCUT2D eigenvalue weighted by Gasteiger charge is -2.19. The minimum absolute atomic E-state index is 0.0644. The summed E-state index contributed by atoms with van der Waals surface area (Å²) in [5, 5.41) is 0. The predicted octanol–water partition coefficient (Wildman–Crippen LogP) is 1.08. The zero-order chi connectivity index (χ0) is 12.6. The average molecular weight is 274 g/mol. The highest BCUT2D eigenvalue weighted by atomic mass is 32.2. The third-order valence-corrected chi connectivity index (χ3v) is 6.09. The summed E-state index contributed by atoms with van der Waals surface area (Å²) in [6.07, 6.45) is 3.33. The third-order valence-electron chi connectivity index (χ3n) is 2.59. The quantitative estimate of drug-likeness (QED) is 0.817. The third kappa shape index (κ3) is 2.36. The van der Waals surface area contributed by atoms with Crippen LogP contribution in [0.15, 0.2) is 21.7 Å². The lowest BCUT2D eigenvalue weighted by Crippen LogP contribution is -2.33. The highest BCUT2D eigenvalue weighted by Gasteiger charge is 2.38. The zero-order valence-electron chi connectivity index (χ0n) is 9.47. The van der Waals surface area contributed by atoms with E-state index in [4.69, 9.17) is 0 Å². The number of aromatic nitrogens is 1. The molecule has 1 fully saturated rings. The molecule has 0 unspecified atom stereocenters. The molecule has 1 aliphatic carbocycles. The van der Waals surface area contributed by atoms with Crippen LogP contribution in [0.3, 0.4) is 0 Å². The Kier molecular flexibility index (Phi) is 3.24. The summed E-state index contributed by atoms with van der Waals surface area (Å²) in [5.74, 6) is 0. The van der Waals surface area contributed by atoms with E-state index >= 15 is 0 Å². The second kappa shape index (κ2) is 4.40. The summed E-state index contributed by atoms with van der Waals surface area (Å²) in [4.78, 5) is 13.3. The van der Waals surface area contributed by atoms with E-state index in [1.54, 1.807) is 13.0 Å². The first-order valence-corrected chi connectivity index (χ1v) is 7.55. The molecule has 7 heteroatoms. The van der Waals surface area contributed by atoms with Crippen molar-refractivity contribution in [2.75, 3.05) is 6.54 Å². The monoisotopic (exact) mass is 274 g/mol. The number of aryl methyl sites for hydroxylation is 1. The van der Waals surface area contributed by atoms with E-state index in [1.807, 2.05) is 0 Å². The number of H-pyrrole nitrogens is 1. The molecule has 0 bridgehead atoms. The molecule has 1 aliphatic rings. The number of hydrogen-bond acceptors (Lipinski definition) is 4. The average Bonchev–Trinajstić information content (AvgIpc) is 3.00. The van der Waals surface area contributed by atoms with Crippen LogP contribution in [0, 0.1) is 6.92 Å². The molecule has 0 radical (unpaired) electrons. The Morgan fingerprint density at radius 1 is 1.59 bits per heavy atom. The lowest BCUT2D eigenvalue weighted by atomic mass is 10.6. The molecule has 1 N–H and O–H groups in total. The molecule has 1 aromatic heterocycles. The maximum atomic E-state index is 12.4. The van der Waals surface area contributed by atoms with Crippen LogP contribution in [0.4, 0.5) is 0 Å². The van der Waals surface area contributed by atoms with E-state index in [1.165, 1.54) is 4.31 Å². The molecule has 0 amide bonds. The topological polar surface area (TPSA) is 70.2 Å². The van der Waals surface area contributed by atoms with Crippen LogP contribution in [0.25, 0.3) is 0 Å². The fourth-order valence-corrected chi connectivity index (χ4v) is 4.74. The fraction of sp³-hybridized carbons (Fsp3) is 0.500. The highest BCUT2D eigenvalue weighted by molar-refractivity contribution is 7.91. The smallest absolute Gasteiger partial charge is 0.305 e. The molecule has 17 heavy (non-hydrogen) atoms. The Balaban J connectivity index is 2.43. The van der Waals surface area contributed by atoms with Crippen molar-refractivity contribution in [3.05, 3.63) is 28.0 Å². The molecule has 2 rings (SSSR count). The number of nitrogens with zero attached hydrogens (tertiary/aromatic N) is 1. The number of nitrogens with one attached hydrogen (secondary N) is 1. The van der Waals surface area contributed by atoms with Crippen molar-refractivity contribution in [3.63, 3.8) is 0 Å². The summed E-state index contributed by atoms with van der Waals surface area (Å²) in [6, 6.07) is 0.0644. The molecule has 0 aliphatic heterocycles. The molecular formula is C10H14N2O3S2. The molecular weight excluding hydrogens is 260 g/mol. The van der Waals surface area contributed by atoms with Gasteiger partial charge in [0.1, 0.15) is 0 Å². The number of hydrogen-bond donors (Lipinski definition) is 1. The van der Waals surface area contributed by atoms with Gasteiger partial charge in [0.25, 0.3) is 10.0 Å². The van der Waals surface area contributed by atoms with Crippen molar-refractivity contribution in [1.29, 1.82) is 0 Å². The Labute approximate surface area is 104 Å². The van der Waals surface area contributed by atoms with Gasteiger partial charge in [0.15, 0.2) is 4.21 Å². The zero-order valence-corrected chi connectivity index (χ0v) is 11.1. The molecule has 0 saturated heterocycles. The van der Waals surface area contributed by atoms with Crippen LogP contribution in [-0.2, 0) is 10.0 Å². The largest absolute Gasteiger partial charge is 0.315 e. The van der Waals surface area contributed by atoms with Crippen molar-refractivity contribution >= 4 is 21.4 Å². The van der Waals surface area contributed by atoms with Gasteiger partial charge in [-0.25, -0.2) is 8.42 Å². The normalized spacial score (nSPS) is 16.4. The van der Waals surface area contributed by atoms with Crippen LogP contribution >= 0.6 is 11.3 Å². The van der Waals surface area contributed by atoms with Gasteiger partial charge >= 0.3 is 4.87 Å². The van der Waals surface area contributed by atoms with E-state index in [0.29, 0.717) is 12.2 Å². The van der Waals surface area contributed by atoms with E-state index in [2.05, 4.69) is 11.6 Å². The van der Waals surface area contributed by atoms with Crippen LogP contribution in [-0.4, -0.2) is 30.3 Å². The van der Waals surface area contributed by atoms with Gasteiger partial charge in [0.2, 0.25) is 0 Å². The standard InChI is InChI=1S/C10H14N2O3S2/c1-3-6-12(8-4-5-8)17(14,15)9-7(2)11-10(13)16-9/h3,8H,1,4-6H2,2H3,(H,11,13). The van der Waals surface area contributed by atoms with Gasteiger partial charge in [-0.05, 0) is 19.8 Å². The first kappa shape index (κ1) is 12.5. The van der Waals surface area contributed by atoms with Crippen molar-refractivity contribution in [2.24, 2.45) is 0 Å². The van der Waals surface area contributed by atoms with Crippen LogP contribution < -0.4 is 4.87 Å². The van der Waals surface area contributed by atoms with E-state index in [0.717, 1.165) is 24.2 Å². The number of aromatic amines is 1. The summed E-state index contributed by atoms with van der Waals surface area (Å²) in [5.41, 5.74) is 0.412. The number of rotatable bonds is 5. The molecule has 94 valence electrons. The molecule has 1 heterocycles. The van der Waals surface area contributed by atoms with Gasteiger partial charge in [-0.2, -0.15) is 4.31 Å². The second-order valence-corrected chi connectivity index (χ2v) is 7.09. The van der Waals surface area contributed by atoms with Crippen LogP contribution in [0.5, 0.6) is 0 Å². The van der Waals surface area contributed by atoms with Crippen LogP contribution in [0.1, 0.15) is 18.5 Å². The molecule has 0 aromatic carbocycles. The summed E-state index contributed by atoms with van der Waals surface area (Å²) >= 11 is 0.746. The van der Waals surface area contributed by atoms with Crippen molar-refractivity contribution in [2.45, 2.75) is 30.0 Å². The van der Waals surface area contributed by atoms with E-state index < -0.39 is 10.0 Å². The summed E-state index contributed by atoms with van der Waals surface area (Å²) in [6.45, 7) is 5.46. The minimum Gasteiger partial charge on any atom is -0.315 e. The molecule has 0 spiro atoms.